The number of halogens is 2. The molecule has 0 aliphatic rings. The molecular weight excluding hydrogens is 390 g/mol. The standard InChI is InChI=1S/C13H17Br2N3S/c1-4-18-11(13(15)8(2)17-18)6-10(16-3)12-5-9(14)7-19-12/h5,7,10,16H,4,6H2,1-3H3. The number of hydrogen-bond acceptors (Lipinski definition) is 3. The minimum Gasteiger partial charge on any atom is -0.312 e. The van der Waals surface area contributed by atoms with Crippen molar-refractivity contribution < 1.29 is 0 Å². The lowest BCUT2D eigenvalue weighted by molar-refractivity contribution is 0.545. The molecular formula is C13H17Br2N3S. The summed E-state index contributed by atoms with van der Waals surface area (Å²) in [5.74, 6) is 0. The van der Waals surface area contributed by atoms with Gasteiger partial charge in [-0.1, -0.05) is 0 Å². The van der Waals surface area contributed by atoms with Crippen molar-refractivity contribution in [3.8, 4) is 0 Å². The van der Waals surface area contributed by atoms with Gasteiger partial charge in [0.1, 0.15) is 0 Å². The maximum atomic E-state index is 4.55. The highest BCUT2D eigenvalue weighted by Crippen LogP contribution is 2.30. The smallest absolute Gasteiger partial charge is 0.0738 e. The molecule has 0 aliphatic heterocycles. The summed E-state index contributed by atoms with van der Waals surface area (Å²) < 4.78 is 4.35. The van der Waals surface area contributed by atoms with Gasteiger partial charge in [-0.2, -0.15) is 5.10 Å². The first-order chi connectivity index (χ1) is 9.06. The van der Waals surface area contributed by atoms with E-state index in [2.05, 4.69) is 65.3 Å². The molecule has 104 valence electrons. The van der Waals surface area contributed by atoms with Crippen molar-refractivity contribution in [2.75, 3.05) is 7.05 Å². The van der Waals surface area contributed by atoms with Crippen molar-refractivity contribution >= 4 is 43.2 Å². The number of rotatable bonds is 5. The number of aromatic nitrogens is 2. The van der Waals surface area contributed by atoms with Crippen LogP contribution in [0.4, 0.5) is 0 Å². The fourth-order valence-corrected chi connectivity index (χ4v) is 4.11. The molecule has 3 nitrogen and oxygen atoms in total. The summed E-state index contributed by atoms with van der Waals surface area (Å²) in [6, 6.07) is 2.49. The fourth-order valence-electron chi connectivity index (χ4n) is 2.11. The van der Waals surface area contributed by atoms with Crippen LogP contribution in [-0.2, 0) is 13.0 Å². The van der Waals surface area contributed by atoms with Crippen LogP contribution in [0.25, 0.3) is 0 Å². The van der Waals surface area contributed by atoms with Crippen LogP contribution < -0.4 is 5.32 Å². The Balaban J connectivity index is 2.28. The Kier molecular flexibility index (Phi) is 5.22. The molecule has 2 rings (SSSR count). The molecule has 2 aromatic heterocycles. The van der Waals surface area contributed by atoms with Gasteiger partial charge in [-0.05, 0) is 58.8 Å². The van der Waals surface area contributed by atoms with Gasteiger partial charge in [0.05, 0.1) is 15.9 Å². The molecule has 1 N–H and O–H groups in total. The zero-order valence-electron chi connectivity index (χ0n) is 11.2. The van der Waals surface area contributed by atoms with Crippen molar-refractivity contribution in [1.82, 2.24) is 15.1 Å². The number of likely N-dealkylation sites (N-methyl/N-ethyl adjacent to an activating group) is 1. The quantitative estimate of drug-likeness (QED) is 0.801. The SMILES string of the molecule is CCn1nc(C)c(Br)c1CC(NC)c1cc(Br)cs1. The fraction of sp³-hybridized carbons (Fsp3) is 0.462. The van der Waals surface area contributed by atoms with E-state index < -0.39 is 0 Å². The largest absolute Gasteiger partial charge is 0.312 e. The molecule has 1 unspecified atom stereocenters. The summed E-state index contributed by atoms with van der Waals surface area (Å²) >= 11 is 8.95. The normalized spacial score (nSPS) is 12.9. The van der Waals surface area contributed by atoms with Crippen molar-refractivity contribution in [3.63, 3.8) is 0 Å². The monoisotopic (exact) mass is 405 g/mol. The summed E-state index contributed by atoms with van der Waals surface area (Å²) in [4.78, 5) is 1.34. The van der Waals surface area contributed by atoms with Crippen LogP contribution in [-0.4, -0.2) is 16.8 Å². The van der Waals surface area contributed by atoms with E-state index >= 15 is 0 Å². The number of nitrogens with zero attached hydrogens (tertiary/aromatic N) is 2. The molecule has 0 bridgehead atoms. The van der Waals surface area contributed by atoms with Gasteiger partial charge in [-0.3, -0.25) is 4.68 Å². The average molecular weight is 407 g/mol. The number of hydrogen-bond donors (Lipinski definition) is 1. The van der Waals surface area contributed by atoms with Gasteiger partial charge >= 0.3 is 0 Å². The van der Waals surface area contributed by atoms with E-state index in [9.17, 15) is 0 Å². The molecule has 0 radical (unpaired) electrons. The van der Waals surface area contributed by atoms with Crippen LogP contribution >= 0.6 is 43.2 Å². The minimum atomic E-state index is 0.314. The van der Waals surface area contributed by atoms with E-state index in [0.29, 0.717) is 6.04 Å². The van der Waals surface area contributed by atoms with Crippen LogP contribution in [0.5, 0.6) is 0 Å². The first-order valence-electron chi connectivity index (χ1n) is 6.19. The molecule has 0 spiro atoms. The predicted octanol–water partition coefficient (Wildman–Crippen LogP) is 4.30. The van der Waals surface area contributed by atoms with E-state index in [0.717, 1.165) is 27.6 Å². The highest BCUT2D eigenvalue weighted by atomic mass is 79.9. The Morgan fingerprint density at radius 1 is 1.47 bits per heavy atom. The van der Waals surface area contributed by atoms with Crippen LogP contribution in [0.2, 0.25) is 0 Å². The second kappa shape index (κ2) is 6.52. The molecule has 0 fully saturated rings. The Hall–Kier alpha value is -0.170. The Morgan fingerprint density at radius 2 is 2.21 bits per heavy atom. The van der Waals surface area contributed by atoms with Crippen LogP contribution in [0.1, 0.15) is 29.2 Å². The number of aryl methyl sites for hydroxylation is 2. The average Bonchev–Trinajstić information content (AvgIpc) is 2.93. The summed E-state index contributed by atoms with van der Waals surface area (Å²) in [6.07, 6.45) is 0.929. The third kappa shape index (κ3) is 3.29. The summed E-state index contributed by atoms with van der Waals surface area (Å²) in [5, 5.41) is 10.1. The van der Waals surface area contributed by atoms with Crippen LogP contribution in [0, 0.1) is 6.92 Å². The number of nitrogens with one attached hydrogen (secondary N) is 1. The van der Waals surface area contributed by atoms with Gasteiger partial charge < -0.3 is 5.32 Å². The maximum absolute atomic E-state index is 4.55. The summed E-state index contributed by atoms with van der Waals surface area (Å²) in [5.41, 5.74) is 2.31. The molecule has 0 saturated carbocycles. The highest BCUT2D eigenvalue weighted by molar-refractivity contribution is 9.10. The molecule has 0 amide bonds. The van der Waals surface area contributed by atoms with E-state index in [1.54, 1.807) is 11.3 Å². The van der Waals surface area contributed by atoms with Crippen molar-refractivity contribution in [2.24, 2.45) is 0 Å². The molecule has 0 saturated heterocycles. The first-order valence-corrected chi connectivity index (χ1v) is 8.66. The van der Waals surface area contributed by atoms with Gasteiger partial charge in [-0.25, -0.2) is 0 Å². The van der Waals surface area contributed by atoms with Crippen molar-refractivity contribution in [3.05, 3.63) is 36.7 Å². The third-order valence-corrected chi connectivity index (χ3v) is 5.97. The molecule has 6 heteroatoms. The molecule has 0 aliphatic carbocycles. The summed E-state index contributed by atoms with van der Waals surface area (Å²) in [6.45, 7) is 5.06. The number of thiophene rings is 1. The van der Waals surface area contributed by atoms with E-state index in [-0.39, 0.29) is 0 Å². The van der Waals surface area contributed by atoms with Crippen LogP contribution in [0.3, 0.4) is 0 Å². The zero-order chi connectivity index (χ0) is 14.0. The van der Waals surface area contributed by atoms with Gasteiger partial charge in [0.2, 0.25) is 0 Å². The lowest BCUT2D eigenvalue weighted by atomic mass is 10.1. The lowest BCUT2D eigenvalue weighted by Crippen LogP contribution is -2.19. The third-order valence-electron chi connectivity index (χ3n) is 3.13. The van der Waals surface area contributed by atoms with Crippen LogP contribution in [0.15, 0.2) is 20.4 Å². The van der Waals surface area contributed by atoms with Crippen molar-refractivity contribution in [2.45, 2.75) is 32.9 Å². The molecule has 2 aromatic rings. The first kappa shape index (κ1) is 15.2. The van der Waals surface area contributed by atoms with E-state index in [1.807, 2.05) is 14.0 Å². The highest BCUT2D eigenvalue weighted by Gasteiger charge is 2.19. The Morgan fingerprint density at radius 3 is 2.74 bits per heavy atom. The van der Waals surface area contributed by atoms with Gasteiger partial charge in [-0.15, -0.1) is 11.3 Å². The maximum Gasteiger partial charge on any atom is 0.0738 e. The second-order valence-electron chi connectivity index (χ2n) is 4.37. The lowest BCUT2D eigenvalue weighted by Gasteiger charge is -2.15. The van der Waals surface area contributed by atoms with Gasteiger partial charge in [0.25, 0.3) is 0 Å². The van der Waals surface area contributed by atoms with Gasteiger partial charge in [0.15, 0.2) is 0 Å². The van der Waals surface area contributed by atoms with Crippen molar-refractivity contribution in [1.29, 1.82) is 0 Å². The minimum absolute atomic E-state index is 0.314. The Labute approximate surface area is 134 Å². The zero-order valence-corrected chi connectivity index (χ0v) is 15.2. The molecule has 1 atom stereocenters. The second-order valence-corrected chi connectivity index (χ2v) is 7.03. The molecule has 0 aromatic carbocycles. The molecule has 19 heavy (non-hydrogen) atoms. The topological polar surface area (TPSA) is 29.9 Å². The van der Waals surface area contributed by atoms with E-state index in [1.165, 1.54) is 10.6 Å². The Bertz CT molecular complexity index is 562. The van der Waals surface area contributed by atoms with Gasteiger partial charge in [0, 0.05) is 33.7 Å². The van der Waals surface area contributed by atoms with E-state index in [4.69, 9.17) is 0 Å². The summed E-state index contributed by atoms with van der Waals surface area (Å²) in [7, 11) is 2.01. The molecule has 2 heterocycles. The predicted molar refractivity (Wildman–Crippen MR) is 87.9 cm³/mol.